The lowest BCUT2D eigenvalue weighted by Crippen LogP contribution is -2.39. The largest absolute Gasteiger partial charge is 0.337 e. The van der Waals surface area contributed by atoms with Gasteiger partial charge < -0.3 is 14.7 Å². The predicted molar refractivity (Wildman–Crippen MR) is 83.4 cm³/mol. The van der Waals surface area contributed by atoms with E-state index in [2.05, 4.69) is 22.0 Å². The van der Waals surface area contributed by atoms with Gasteiger partial charge in [0.25, 0.3) is 0 Å². The Morgan fingerprint density at radius 2 is 2.45 bits per heavy atom. The molecule has 2 heterocycles. The highest BCUT2D eigenvalue weighted by molar-refractivity contribution is 7.09. The van der Waals surface area contributed by atoms with Crippen LogP contribution >= 0.6 is 11.3 Å². The van der Waals surface area contributed by atoms with Crippen LogP contribution in [0.1, 0.15) is 35.4 Å². The van der Waals surface area contributed by atoms with Gasteiger partial charge in [-0.2, -0.15) is 4.98 Å². The van der Waals surface area contributed by atoms with E-state index in [1.54, 1.807) is 22.3 Å². The molecule has 0 aliphatic heterocycles. The van der Waals surface area contributed by atoms with Crippen molar-refractivity contribution in [2.45, 2.75) is 31.8 Å². The van der Waals surface area contributed by atoms with Crippen LogP contribution in [0.2, 0.25) is 0 Å². The molecule has 2 aromatic rings. The molecule has 0 saturated heterocycles. The van der Waals surface area contributed by atoms with Gasteiger partial charge in [0.15, 0.2) is 5.82 Å². The summed E-state index contributed by atoms with van der Waals surface area (Å²) in [5.41, 5.74) is 0. The molecule has 6 nitrogen and oxygen atoms in total. The fourth-order valence-corrected chi connectivity index (χ4v) is 2.80. The van der Waals surface area contributed by atoms with Crippen molar-refractivity contribution in [3.05, 3.63) is 46.8 Å². The maximum Gasteiger partial charge on any atom is 0.318 e. The smallest absolute Gasteiger partial charge is 0.318 e. The van der Waals surface area contributed by atoms with E-state index in [4.69, 9.17) is 4.52 Å². The number of amides is 2. The minimum Gasteiger partial charge on any atom is -0.337 e. The molecular formula is C15H18N4O2S. The van der Waals surface area contributed by atoms with Gasteiger partial charge in [-0.25, -0.2) is 4.79 Å². The van der Waals surface area contributed by atoms with E-state index >= 15 is 0 Å². The monoisotopic (exact) mass is 318 g/mol. The Kier molecular flexibility index (Phi) is 4.53. The molecule has 1 saturated carbocycles. The molecule has 1 fully saturated rings. The van der Waals surface area contributed by atoms with Crippen LogP contribution in [0, 0.1) is 0 Å². The number of hydrogen-bond donors (Lipinski definition) is 1. The molecule has 7 heteroatoms. The van der Waals surface area contributed by atoms with Crippen LogP contribution in [0.3, 0.4) is 0 Å². The number of carbonyl (C=O) groups is 1. The summed E-state index contributed by atoms with van der Waals surface area (Å²) < 4.78 is 5.15. The quantitative estimate of drug-likeness (QED) is 0.797. The average molecular weight is 318 g/mol. The first-order valence-corrected chi connectivity index (χ1v) is 8.12. The predicted octanol–water partition coefficient (Wildman–Crippen LogP) is 2.91. The zero-order chi connectivity index (χ0) is 15.4. The maximum absolute atomic E-state index is 12.3. The van der Waals surface area contributed by atoms with Gasteiger partial charge in [0, 0.05) is 17.3 Å². The van der Waals surface area contributed by atoms with E-state index in [1.165, 1.54) is 0 Å². The summed E-state index contributed by atoms with van der Waals surface area (Å²) >= 11 is 1.63. The van der Waals surface area contributed by atoms with Gasteiger partial charge in [0.1, 0.15) is 0 Å². The van der Waals surface area contributed by atoms with Crippen LogP contribution in [0.5, 0.6) is 0 Å². The molecule has 1 N–H and O–H groups in total. The third-order valence-electron chi connectivity index (χ3n) is 3.38. The fourth-order valence-electron chi connectivity index (χ4n) is 2.08. The zero-order valence-corrected chi connectivity index (χ0v) is 13.0. The van der Waals surface area contributed by atoms with Crippen LogP contribution in [0.15, 0.2) is 34.7 Å². The van der Waals surface area contributed by atoms with E-state index in [9.17, 15) is 4.79 Å². The summed E-state index contributed by atoms with van der Waals surface area (Å²) in [5.74, 6) is 1.65. The van der Waals surface area contributed by atoms with Gasteiger partial charge in [-0.1, -0.05) is 17.3 Å². The number of hydrogen-bond acceptors (Lipinski definition) is 5. The normalized spacial score (nSPS) is 13.8. The van der Waals surface area contributed by atoms with Crippen LogP contribution in [-0.4, -0.2) is 27.6 Å². The van der Waals surface area contributed by atoms with Crippen molar-refractivity contribution in [3.8, 4) is 0 Å². The highest BCUT2D eigenvalue weighted by Crippen LogP contribution is 2.38. The van der Waals surface area contributed by atoms with Gasteiger partial charge in [-0.3, -0.25) is 0 Å². The van der Waals surface area contributed by atoms with Crippen molar-refractivity contribution < 1.29 is 9.32 Å². The Bertz CT molecular complexity index is 634. The van der Waals surface area contributed by atoms with Gasteiger partial charge >= 0.3 is 6.03 Å². The van der Waals surface area contributed by atoms with Gasteiger partial charge in [0.2, 0.25) is 5.89 Å². The Hall–Kier alpha value is -2.15. The molecule has 0 unspecified atom stereocenters. The molecular weight excluding hydrogens is 300 g/mol. The van der Waals surface area contributed by atoms with Gasteiger partial charge in [-0.05, 0) is 24.3 Å². The molecule has 2 amide bonds. The summed E-state index contributed by atoms with van der Waals surface area (Å²) in [6.07, 6.45) is 3.96. The Morgan fingerprint density at radius 3 is 3.14 bits per heavy atom. The molecule has 116 valence electrons. The second kappa shape index (κ2) is 6.74. The molecule has 3 rings (SSSR count). The number of urea groups is 1. The topological polar surface area (TPSA) is 71.3 Å². The van der Waals surface area contributed by atoms with Crippen LogP contribution < -0.4 is 5.32 Å². The van der Waals surface area contributed by atoms with Gasteiger partial charge in [0.05, 0.1) is 13.1 Å². The van der Waals surface area contributed by atoms with Gasteiger partial charge in [-0.15, -0.1) is 17.9 Å². The lowest BCUT2D eigenvalue weighted by molar-refractivity contribution is 0.199. The molecule has 22 heavy (non-hydrogen) atoms. The van der Waals surface area contributed by atoms with Crippen molar-refractivity contribution >= 4 is 17.4 Å². The van der Waals surface area contributed by atoms with Crippen molar-refractivity contribution in [1.82, 2.24) is 20.4 Å². The molecule has 0 aromatic carbocycles. The number of aromatic nitrogens is 2. The summed E-state index contributed by atoms with van der Waals surface area (Å²) in [6, 6.07) is 3.81. The van der Waals surface area contributed by atoms with Crippen molar-refractivity contribution in [2.24, 2.45) is 0 Å². The van der Waals surface area contributed by atoms with Crippen LogP contribution in [-0.2, 0) is 13.1 Å². The highest BCUT2D eigenvalue weighted by Gasteiger charge is 2.28. The maximum atomic E-state index is 12.3. The Morgan fingerprint density at radius 1 is 1.59 bits per heavy atom. The zero-order valence-electron chi connectivity index (χ0n) is 12.2. The van der Waals surface area contributed by atoms with E-state index < -0.39 is 0 Å². The number of nitrogens with one attached hydrogen (secondary N) is 1. The SMILES string of the molecule is C=CCN(Cc1cccs1)C(=O)NCc1nc(C2CC2)no1. The molecule has 0 atom stereocenters. The first-order valence-electron chi connectivity index (χ1n) is 7.25. The third kappa shape index (κ3) is 3.73. The molecule has 1 aliphatic rings. The summed E-state index contributed by atoms with van der Waals surface area (Å²) in [4.78, 5) is 19.4. The molecule has 1 aliphatic carbocycles. The summed E-state index contributed by atoms with van der Waals surface area (Å²) in [7, 11) is 0. The second-order valence-electron chi connectivity index (χ2n) is 5.23. The number of nitrogens with zero attached hydrogens (tertiary/aromatic N) is 3. The first-order chi connectivity index (χ1) is 10.8. The van der Waals surface area contributed by atoms with E-state index in [0.717, 1.165) is 23.5 Å². The molecule has 0 bridgehead atoms. The number of rotatable bonds is 7. The average Bonchev–Trinajstić information content (AvgIpc) is 3.05. The third-order valence-corrected chi connectivity index (χ3v) is 4.24. The summed E-state index contributed by atoms with van der Waals surface area (Å²) in [5, 5.41) is 8.75. The Labute approximate surface area is 132 Å². The number of thiophene rings is 1. The van der Waals surface area contributed by atoms with E-state index in [1.807, 2.05) is 17.5 Å². The Balaban J connectivity index is 1.54. The lowest BCUT2D eigenvalue weighted by atomic mass is 10.4. The minimum atomic E-state index is -0.167. The lowest BCUT2D eigenvalue weighted by Gasteiger charge is -2.20. The fraction of sp³-hybridized carbons (Fsp3) is 0.400. The van der Waals surface area contributed by atoms with Crippen molar-refractivity contribution in [1.29, 1.82) is 0 Å². The summed E-state index contributed by atoms with van der Waals surface area (Å²) in [6.45, 7) is 5.00. The minimum absolute atomic E-state index is 0.167. The highest BCUT2D eigenvalue weighted by atomic mass is 32.1. The van der Waals surface area contributed by atoms with Crippen LogP contribution in [0.25, 0.3) is 0 Å². The molecule has 2 aromatic heterocycles. The van der Waals surface area contributed by atoms with E-state index in [0.29, 0.717) is 24.9 Å². The first kappa shape index (κ1) is 14.8. The number of carbonyl (C=O) groups excluding carboxylic acids is 1. The molecule has 0 radical (unpaired) electrons. The van der Waals surface area contributed by atoms with Crippen LogP contribution in [0.4, 0.5) is 4.79 Å². The standard InChI is InChI=1S/C15H18N4O2S/c1-2-7-19(10-12-4-3-8-22-12)15(20)16-9-13-17-14(18-21-13)11-5-6-11/h2-4,8,11H,1,5-7,9-10H2,(H,16,20). The molecule has 0 spiro atoms. The van der Waals surface area contributed by atoms with Crippen molar-refractivity contribution in [2.75, 3.05) is 6.54 Å². The van der Waals surface area contributed by atoms with E-state index in [-0.39, 0.29) is 12.6 Å². The second-order valence-corrected chi connectivity index (χ2v) is 6.26. The van der Waals surface area contributed by atoms with Crippen molar-refractivity contribution in [3.63, 3.8) is 0 Å².